The highest BCUT2D eigenvalue weighted by atomic mass is 79.9. The Hall–Kier alpha value is -1.69. The van der Waals surface area contributed by atoms with Crippen LogP contribution in [0.4, 0.5) is 13.2 Å². The third-order valence-electron chi connectivity index (χ3n) is 4.22. The average Bonchev–Trinajstić information content (AvgIpc) is 3.00. The number of fused-ring (bicyclic) bond motifs is 1. The Morgan fingerprint density at radius 2 is 2.00 bits per heavy atom. The van der Waals surface area contributed by atoms with E-state index >= 15 is 0 Å². The van der Waals surface area contributed by atoms with Crippen molar-refractivity contribution >= 4 is 48.6 Å². The molecule has 1 atom stereocenters. The molecule has 1 N–H and O–H groups in total. The standard InChI is InChI=1S/C17H15BrClF3N4O2S/c1-3-26-14-6-10(17(20,21)22)4-5-13(14)24-16(26)9(2)25-29(27,28)11-7-12(18)15(19)23-8-11/h4-9,25H,3H2,1-2H3/t9-/m1/s1. The van der Waals surface area contributed by atoms with Crippen molar-refractivity contribution in [3.05, 3.63) is 51.5 Å². The van der Waals surface area contributed by atoms with Crippen molar-refractivity contribution in [3.63, 3.8) is 0 Å². The van der Waals surface area contributed by atoms with Gasteiger partial charge >= 0.3 is 6.18 Å². The Balaban J connectivity index is 2.00. The lowest BCUT2D eigenvalue weighted by Crippen LogP contribution is -2.29. The SMILES string of the molecule is CCn1c([C@@H](C)NS(=O)(=O)c2cnc(Cl)c(Br)c2)nc2ccc(C(F)(F)F)cc21. The molecule has 0 spiro atoms. The highest BCUT2D eigenvalue weighted by molar-refractivity contribution is 9.10. The Kier molecular flexibility index (Phi) is 5.96. The maximum atomic E-state index is 13.0. The third kappa shape index (κ3) is 4.42. The highest BCUT2D eigenvalue weighted by Crippen LogP contribution is 2.32. The zero-order valence-electron chi connectivity index (χ0n) is 15.1. The van der Waals surface area contributed by atoms with E-state index in [0.717, 1.165) is 18.3 Å². The van der Waals surface area contributed by atoms with E-state index in [-0.39, 0.29) is 15.6 Å². The van der Waals surface area contributed by atoms with Crippen molar-refractivity contribution in [2.24, 2.45) is 0 Å². The fourth-order valence-electron chi connectivity index (χ4n) is 2.88. The molecule has 0 radical (unpaired) electrons. The first-order chi connectivity index (χ1) is 13.4. The molecule has 0 aliphatic carbocycles. The van der Waals surface area contributed by atoms with Crippen LogP contribution in [0.15, 0.2) is 39.8 Å². The summed E-state index contributed by atoms with van der Waals surface area (Å²) in [5.74, 6) is 0.298. The van der Waals surface area contributed by atoms with Crippen LogP contribution < -0.4 is 4.72 Å². The fourth-order valence-corrected chi connectivity index (χ4v) is 4.66. The molecular weight excluding hydrogens is 497 g/mol. The number of rotatable bonds is 5. The van der Waals surface area contributed by atoms with Gasteiger partial charge < -0.3 is 4.57 Å². The lowest BCUT2D eigenvalue weighted by Gasteiger charge is -2.16. The number of nitrogens with one attached hydrogen (secondary N) is 1. The molecule has 1 aromatic carbocycles. The topological polar surface area (TPSA) is 76.9 Å². The molecule has 0 aliphatic rings. The maximum absolute atomic E-state index is 13.0. The van der Waals surface area contributed by atoms with Gasteiger partial charge in [0.15, 0.2) is 0 Å². The van der Waals surface area contributed by atoms with E-state index in [1.54, 1.807) is 18.4 Å². The number of aromatic nitrogens is 3. The Bertz CT molecular complexity index is 1180. The molecule has 0 fully saturated rings. The van der Waals surface area contributed by atoms with E-state index in [9.17, 15) is 21.6 Å². The monoisotopic (exact) mass is 510 g/mol. The highest BCUT2D eigenvalue weighted by Gasteiger charge is 2.31. The first-order valence-electron chi connectivity index (χ1n) is 8.34. The summed E-state index contributed by atoms with van der Waals surface area (Å²) in [5.41, 5.74) is -0.174. The second-order valence-corrected chi connectivity index (χ2v) is 9.13. The van der Waals surface area contributed by atoms with Gasteiger partial charge in [-0.25, -0.2) is 23.1 Å². The number of alkyl halides is 3. The molecule has 0 unspecified atom stereocenters. The van der Waals surface area contributed by atoms with Crippen LogP contribution in [0.2, 0.25) is 5.15 Å². The summed E-state index contributed by atoms with van der Waals surface area (Å²) in [6, 6.07) is 3.73. The van der Waals surface area contributed by atoms with E-state index in [1.807, 2.05) is 0 Å². The van der Waals surface area contributed by atoms with Crippen molar-refractivity contribution in [2.45, 2.75) is 37.5 Å². The molecule has 29 heavy (non-hydrogen) atoms. The van der Waals surface area contributed by atoms with Crippen LogP contribution in [0.25, 0.3) is 11.0 Å². The minimum atomic E-state index is -4.49. The van der Waals surface area contributed by atoms with E-state index in [1.165, 1.54) is 12.1 Å². The fraction of sp³-hybridized carbons (Fsp3) is 0.294. The molecule has 12 heteroatoms. The third-order valence-corrected chi connectivity index (χ3v) is 6.86. The van der Waals surface area contributed by atoms with Gasteiger partial charge in [-0.15, -0.1) is 0 Å². The average molecular weight is 512 g/mol. The number of sulfonamides is 1. The smallest absolute Gasteiger partial charge is 0.327 e. The van der Waals surface area contributed by atoms with Gasteiger partial charge in [0.25, 0.3) is 0 Å². The summed E-state index contributed by atoms with van der Waals surface area (Å²) < 4.78 is 68.8. The molecule has 0 amide bonds. The zero-order valence-corrected chi connectivity index (χ0v) is 18.3. The first kappa shape index (κ1) is 22.0. The van der Waals surface area contributed by atoms with Gasteiger partial charge in [-0.2, -0.15) is 13.2 Å². The number of halogens is 5. The number of pyridine rings is 1. The van der Waals surface area contributed by atoms with Crippen molar-refractivity contribution in [3.8, 4) is 0 Å². The second-order valence-electron chi connectivity index (χ2n) is 6.20. The van der Waals surface area contributed by atoms with Crippen molar-refractivity contribution < 1.29 is 21.6 Å². The largest absolute Gasteiger partial charge is 0.416 e. The van der Waals surface area contributed by atoms with Crippen molar-refractivity contribution in [2.75, 3.05) is 0 Å². The van der Waals surface area contributed by atoms with Crippen molar-refractivity contribution in [1.29, 1.82) is 0 Å². The summed E-state index contributed by atoms with van der Waals surface area (Å²) in [7, 11) is -3.98. The Labute approximate surface area is 178 Å². The van der Waals surface area contributed by atoms with Gasteiger partial charge in [-0.05, 0) is 54.0 Å². The molecule has 0 aliphatic heterocycles. The van der Waals surface area contributed by atoms with Gasteiger partial charge in [0.2, 0.25) is 10.0 Å². The van der Waals surface area contributed by atoms with E-state index in [2.05, 4.69) is 30.6 Å². The minimum absolute atomic E-state index is 0.112. The van der Waals surface area contributed by atoms with Crippen LogP contribution in [0.5, 0.6) is 0 Å². The molecular formula is C17H15BrClF3N4O2S. The molecule has 0 saturated carbocycles. The predicted octanol–water partition coefficient (Wildman–Crippen LogP) is 4.93. The zero-order chi connectivity index (χ0) is 21.6. The summed E-state index contributed by atoms with van der Waals surface area (Å²) in [6.45, 7) is 3.62. The van der Waals surface area contributed by atoms with E-state index < -0.39 is 27.8 Å². The quantitative estimate of drug-likeness (QED) is 0.493. The van der Waals surface area contributed by atoms with E-state index in [4.69, 9.17) is 11.6 Å². The number of imidazole rings is 1. The summed E-state index contributed by atoms with van der Waals surface area (Å²) in [6.07, 6.45) is -3.38. The Morgan fingerprint density at radius 1 is 1.31 bits per heavy atom. The molecule has 3 aromatic rings. The number of hydrogen-bond donors (Lipinski definition) is 1. The number of benzene rings is 1. The molecule has 6 nitrogen and oxygen atoms in total. The summed E-state index contributed by atoms with van der Waals surface area (Å²) in [5, 5.41) is 0.116. The van der Waals surface area contributed by atoms with Crippen LogP contribution in [-0.2, 0) is 22.7 Å². The molecule has 2 heterocycles. The molecule has 2 aromatic heterocycles. The van der Waals surface area contributed by atoms with Gasteiger partial charge in [0.1, 0.15) is 15.9 Å². The number of nitrogens with zero attached hydrogens (tertiary/aromatic N) is 3. The van der Waals surface area contributed by atoms with Crippen molar-refractivity contribution in [1.82, 2.24) is 19.3 Å². The predicted molar refractivity (Wildman–Crippen MR) is 106 cm³/mol. The first-order valence-corrected chi connectivity index (χ1v) is 11.0. The number of aryl methyl sites for hydroxylation is 1. The molecule has 0 bridgehead atoms. The van der Waals surface area contributed by atoms with Crippen LogP contribution in [0, 0.1) is 0 Å². The minimum Gasteiger partial charge on any atom is -0.327 e. The lowest BCUT2D eigenvalue weighted by atomic mass is 10.2. The second kappa shape index (κ2) is 7.86. The van der Waals surface area contributed by atoms with Crippen LogP contribution in [0.3, 0.4) is 0 Å². The van der Waals surface area contributed by atoms with Crippen LogP contribution in [-0.4, -0.2) is 23.0 Å². The maximum Gasteiger partial charge on any atom is 0.416 e. The molecule has 3 rings (SSSR count). The Morgan fingerprint density at radius 3 is 2.59 bits per heavy atom. The number of hydrogen-bond acceptors (Lipinski definition) is 4. The van der Waals surface area contributed by atoms with Crippen LogP contribution in [0.1, 0.15) is 31.3 Å². The van der Waals surface area contributed by atoms with Gasteiger partial charge in [-0.1, -0.05) is 11.6 Å². The lowest BCUT2D eigenvalue weighted by molar-refractivity contribution is -0.137. The van der Waals surface area contributed by atoms with E-state index in [0.29, 0.717) is 22.4 Å². The van der Waals surface area contributed by atoms with Gasteiger partial charge in [0.05, 0.1) is 27.1 Å². The summed E-state index contributed by atoms with van der Waals surface area (Å²) in [4.78, 5) is 8.03. The molecule has 0 saturated heterocycles. The normalized spacial score (nSPS) is 13.8. The molecule has 156 valence electrons. The van der Waals surface area contributed by atoms with Crippen LogP contribution >= 0.6 is 27.5 Å². The summed E-state index contributed by atoms with van der Waals surface area (Å²) >= 11 is 8.92. The van der Waals surface area contributed by atoms with Gasteiger partial charge in [0, 0.05) is 12.7 Å². The van der Waals surface area contributed by atoms with Gasteiger partial charge in [-0.3, -0.25) is 0 Å².